The average Bonchev–Trinajstić information content (AvgIpc) is 3.44. The summed E-state index contributed by atoms with van der Waals surface area (Å²) in [6.45, 7) is 0.473. The van der Waals surface area contributed by atoms with Gasteiger partial charge in [0.15, 0.2) is 0 Å². The summed E-state index contributed by atoms with van der Waals surface area (Å²) < 4.78 is 0. The quantitative estimate of drug-likeness (QED) is 0.618. The number of carboxylic acids is 1. The molecule has 1 fully saturated rings. The first-order chi connectivity index (χ1) is 14.1. The Morgan fingerprint density at radius 3 is 2.69 bits per heavy atom. The van der Waals surface area contributed by atoms with E-state index in [0.717, 1.165) is 58.6 Å². The van der Waals surface area contributed by atoms with E-state index in [-0.39, 0.29) is 5.41 Å². The van der Waals surface area contributed by atoms with Crippen molar-refractivity contribution in [2.24, 2.45) is 5.73 Å². The molecule has 2 heterocycles. The van der Waals surface area contributed by atoms with Crippen LogP contribution < -0.4 is 5.73 Å². The highest BCUT2D eigenvalue weighted by Gasteiger charge is 2.48. The van der Waals surface area contributed by atoms with Gasteiger partial charge in [-0.2, -0.15) is 0 Å². The van der Waals surface area contributed by atoms with Crippen LogP contribution in [0.1, 0.15) is 51.3 Å². The molecule has 0 bridgehead atoms. The molecule has 0 radical (unpaired) electrons. The van der Waals surface area contributed by atoms with Crippen LogP contribution in [0.2, 0.25) is 0 Å². The monoisotopic (exact) mass is 385 g/mol. The van der Waals surface area contributed by atoms with Gasteiger partial charge in [0.1, 0.15) is 0 Å². The smallest absolute Gasteiger partial charge is 0.337 e. The van der Waals surface area contributed by atoms with Gasteiger partial charge in [-0.05, 0) is 54.5 Å². The lowest BCUT2D eigenvalue weighted by Gasteiger charge is -2.17. The molecule has 0 amide bonds. The van der Waals surface area contributed by atoms with Gasteiger partial charge in [-0.3, -0.25) is 4.98 Å². The molecule has 3 aromatic rings. The van der Waals surface area contributed by atoms with E-state index in [0.29, 0.717) is 18.5 Å². The number of nitrogens with two attached hydrogens (primary N) is 1. The third-order valence-corrected chi connectivity index (χ3v) is 6.26. The number of nitrogens with one attached hydrogen (secondary N) is 1. The Balaban J connectivity index is 1.59. The zero-order chi connectivity index (χ0) is 20.0. The van der Waals surface area contributed by atoms with Crippen molar-refractivity contribution >= 4 is 18.1 Å². The molecule has 5 rings (SSSR count). The molecule has 0 atom stereocenters. The Morgan fingerprint density at radius 1 is 1.21 bits per heavy atom. The van der Waals surface area contributed by atoms with Crippen LogP contribution in [0.4, 0.5) is 0 Å². The number of H-pyrrole nitrogens is 1. The second-order valence-electron chi connectivity index (χ2n) is 8.03. The number of rotatable bonds is 5. The van der Waals surface area contributed by atoms with Gasteiger partial charge in [-0.1, -0.05) is 36.4 Å². The van der Waals surface area contributed by atoms with E-state index in [9.17, 15) is 9.90 Å². The summed E-state index contributed by atoms with van der Waals surface area (Å²) in [5, 5.41) is 9.93. The highest BCUT2D eigenvalue weighted by atomic mass is 16.4. The zero-order valence-corrected chi connectivity index (χ0v) is 16.1. The molecule has 0 saturated heterocycles. The number of carbonyl (C=O) groups is 1. The Morgan fingerprint density at radius 2 is 2.00 bits per heavy atom. The molecule has 2 aromatic heterocycles. The van der Waals surface area contributed by atoms with Crippen molar-refractivity contribution in [3.05, 3.63) is 76.2 Å². The SMILES string of the molecule is NCC1(c2[nH]c3c(c2C(=O)O)CCc2cnc(/C=C/c4ccccc4)cc2-3)CC1. The van der Waals surface area contributed by atoms with Crippen LogP contribution in [0.15, 0.2) is 42.6 Å². The van der Waals surface area contributed by atoms with E-state index in [1.54, 1.807) is 0 Å². The van der Waals surface area contributed by atoms with Crippen LogP contribution in [0.25, 0.3) is 23.4 Å². The number of aryl methyl sites for hydroxylation is 1. The highest BCUT2D eigenvalue weighted by molar-refractivity contribution is 5.95. The van der Waals surface area contributed by atoms with Gasteiger partial charge in [0, 0.05) is 29.4 Å². The highest BCUT2D eigenvalue weighted by Crippen LogP contribution is 2.50. The van der Waals surface area contributed by atoms with E-state index in [4.69, 9.17) is 5.73 Å². The predicted molar refractivity (Wildman–Crippen MR) is 114 cm³/mol. The number of aromatic nitrogens is 2. The van der Waals surface area contributed by atoms with Crippen molar-refractivity contribution in [1.29, 1.82) is 0 Å². The van der Waals surface area contributed by atoms with Crippen LogP contribution in [0.3, 0.4) is 0 Å². The molecule has 4 N–H and O–H groups in total. The number of fused-ring (bicyclic) bond motifs is 3. The lowest BCUT2D eigenvalue weighted by molar-refractivity contribution is 0.0694. The first-order valence-corrected chi connectivity index (χ1v) is 10.0. The van der Waals surface area contributed by atoms with Crippen molar-refractivity contribution in [3.8, 4) is 11.3 Å². The van der Waals surface area contributed by atoms with Crippen LogP contribution in [0, 0.1) is 0 Å². The van der Waals surface area contributed by atoms with Gasteiger partial charge in [0.05, 0.1) is 17.0 Å². The maximum atomic E-state index is 12.1. The van der Waals surface area contributed by atoms with Crippen molar-refractivity contribution in [1.82, 2.24) is 9.97 Å². The lowest BCUT2D eigenvalue weighted by atomic mass is 9.88. The largest absolute Gasteiger partial charge is 0.478 e. The average molecular weight is 385 g/mol. The van der Waals surface area contributed by atoms with Crippen LogP contribution in [-0.4, -0.2) is 27.6 Å². The van der Waals surface area contributed by atoms with Gasteiger partial charge in [0.2, 0.25) is 0 Å². The molecule has 0 unspecified atom stereocenters. The zero-order valence-electron chi connectivity index (χ0n) is 16.1. The standard InChI is InChI=1S/C24H23N3O2/c25-14-24(10-11-24)22-20(23(28)29)18-9-7-16-13-26-17(12-19(16)21(18)27-22)8-6-15-4-2-1-3-5-15/h1-6,8,12-13,27H,7,9-11,14,25H2,(H,28,29)/b8-6+. The van der Waals surface area contributed by atoms with Crippen molar-refractivity contribution in [2.45, 2.75) is 31.1 Å². The normalized spacial score (nSPS) is 16.4. The van der Waals surface area contributed by atoms with Gasteiger partial charge in [-0.15, -0.1) is 0 Å². The fraction of sp³-hybridized carbons (Fsp3) is 0.250. The summed E-state index contributed by atoms with van der Waals surface area (Å²) in [5.74, 6) is -0.862. The van der Waals surface area contributed by atoms with Crippen molar-refractivity contribution in [2.75, 3.05) is 6.54 Å². The van der Waals surface area contributed by atoms with E-state index < -0.39 is 5.97 Å². The summed E-state index contributed by atoms with van der Waals surface area (Å²) in [7, 11) is 0. The first-order valence-electron chi connectivity index (χ1n) is 10.0. The number of benzene rings is 1. The van der Waals surface area contributed by atoms with Crippen LogP contribution in [-0.2, 0) is 18.3 Å². The Hall–Kier alpha value is -3.18. The van der Waals surface area contributed by atoms with E-state index in [2.05, 4.69) is 16.0 Å². The number of aromatic amines is 1. The second-order valence-corrected chi connectivity index (χ2v) is 8.03. The molecule has 1 saturated carbocycles. The summed E-state index contributed by atoms with van der Waals surface area (Å²) in [6.07, 6.45) is 9.34. The van der Waals surface area contributed by atoms with Crippen molar-refractivity contribution < 1.29 is 9.90 Å². The predicted octanol–water partition coefficient (Wildman–Crippen LogP) is 4.03. The number of aromatic carboxylic acids is 1. The maximum Gasteiger partial charge on any atom is 0.337 e. The Kier molecular flexibility index (Phi) is 4.14. The topological polar surface area (TPSA) is 92.0 Å². The molecule has 0 spiro atoms. The Labute approximate surface area is 169 Å². The molecule has 1 aromatic carbocycles. The van der Waals surface area contributed by atoms with E-state index in [1.165, 1.54) is 0 Å². The fourth-order valence-corrected chi connectivity index (χ4v) is 4.39. The van der Waals surface area contributed by atoms with Crippen LogP contribution >= 0.6 is 0 Å². The summed E-state index contributed by atoms with van der Waals surface area (Å²) in [5.41, 5.74) is 13.1. The van der Waals surface area contributed by atoms with Gasteiger partial charge < -0.3 is 15.8 Å². The number of hydrogen-bond donors (Lipinski definition) is 3. The summed E-state index contributed by atoms with van der Waals surface area (Å²) in [4.78, 5) is 20.2. The number of nitrogens with zero attached hydrogens (tertiary/aromatic N) is 1. The lowest BCUT2D eigenvalue weighted by Crippen LogP contribution is -2.23. The Bertz CT molecular complexity index is 1120. The number of carboxylic acid groups (broad SMARTS) is 1. The maximum absolute atomic E-state index is 12.1. The third-order valence-electron chi connectivity index (χ3n) is 6.26. The minimum absolute atomic E-state index is 0.200. The van der Waals surface area contributed by atoms with Gasteiger partial charge in [0.25, 0.3) is 0 Å². The summed E-state index contributed by atoms with van der Waals surface area (Å²) >= 11 is 0. The molecule has 2 aliphatic carbocycles. The molecule has 2 aliphatic rings. The number of hydrogen-bond acceptors (Lipinski definition) is 3. The summed E-state index contributed by atoms with van der Waals surface area (Å²) in [6, 6.07) is 12.2. The van der Waals surface area contributed by atoms with E-state index in [1.807, 2.05) is 48.7 Å². The van der Waals surface area contributed by atoms with Gasteiger partial charge in [-0.25, -0.2) is 4.79 Å². The second kappa shape index (κ2) is 6.71. The molecule has 5 heteroatoms. The minimum atomic E-state index is -0.862. The van der Waals surface area contributed by atoms with Crippen LogP contribution in [0.5, 0.6) is 0 Å². The number of pyridine rings is 1. The molecule has 5 nitrogen and oxygen atoms in total. The first kappa shape index (κ1) is 17.9. The molecular formula is C24H23N3O2. The molecule has 29 heavy (non-hydrogen) atoms. The van der Waals surface area contributed by atoms with Gasteiger partial charge >= 0.3 is 5.97 Å². The minimum Gasteiger partial charge on any atom is -0.478 e. The van der Waals surface area contributed by atoms with E-state index >= 15 is 0 Å². The molecular weight excluding hydrogens is 362 g/mol. The van der Waals surface area contributed by atoms with Crippen molar-refractivity contribution in [3.63, 3.8) is 0 Å². The molecule has 146 valence electrons. The fourth-order valence-electron chi connectivity index (χ4n) is 4.39. The third kappa shape index (κ3) is 2.98. The molecule has 0 aliphatic heterocycles.